The van der Waals surface area contributed by atoms with Crippen molar-refractivity contribution in [2.75, 3.05) is 12.3 Å². The average Bonchev–Trinajstić information content (AvgIpc) is 3.06. The summed E-state index contributed by atoms with van der Waals surface area (Å²) in [5, 5.41) is 3.78. The highest BCUT2D eigenvalue weighted by molar-refractivity contribution is 5.43. The number of nitrogens with two attached hydrogens (primary N) is 1. The Morgan fingerprint density at radius 2 is 1.76 bits per heavy atom. The fourth-order valence-electron chi connectivity index (χ4n) is 2.82. The van der Waals surface area contributed by atoms with Gasteiger partial charge in [-0.1, -0.05) is 12.1 Å². The molecule has 0 aromatic heterocycles. The minimum atomic E-state index is 0.409. The number of benzene rings is 1. The van der Waals surface area contributed by atoms with Gasteiger partial charge in [0.2, 0.25) is 0 Å². The van der Waals surface area contributed by atoms with E-state index in [4.69, 9.17) is 5.73 Å². The molecule has 0 bridgehead atoms. The molecule has 2 saturated carbocycles. The van der Waals surface area contributed by atoms with Gasteiger partial charge in [-0.2, -0.15) is 0 Å². The van der Waals surface area contributed by atoms with Crippen molar-refractivity contribution in [3.05, 3.63) is 29.8 Å². The molecule has 17 heavy (non-hydrogen) atoms. The van der Waals surface area contributed by atoms with Crippen LogP contribution in [0.3, 0.4) is 0 Å². The molecule has 92 valence electrons. The van der Waals surface area contributed by atoms with Crippen molar-refractivity contribution in [3.8, 4) is 0 Å². The van der Waals surface area contributed by atoms with Crippen LogP contribution in [-0.4, -0.2) is 12.1 Å². The van der Waals surface area contributed by atoms with Crippen LogP contribution in [0, 0.1) is 0 Å². The molecule has 2 nitrogen and oxygen atoms in total. The Kier molecular flexibility index (Phi) is 2.44. The zero-order chi connectivity index (χ0) is 11.9. The van der Waals surface area contributed by atoms with Gasteiger partial charge in [-0.15, -0.1) is 0 Å². The largest absolute Gasteiger partial charge is 0.399 e. The van der Waals surface area contributed by atoms with E-state index in [1.807, 2.05) is 12.1 Å². The van der Waals surface area contributed by atoms with Crippen molar-refractivity contribution in [3.63, 3.8) is 0 Å². The molecule has 2 aliphatic rings. The van der Waals surface area contributed by atoms with E-state index < -0.39 is 0 Å². The molecule has 0 atom stereocenters. The summed E-state index contributed by atoms with van der Waals surface area (Å²) in [6.45, 7) is 3.49. The van der Waals surface area contributed by atoms with Gasteiger partial charge in [0.15, 0.2) is 0 Å². The van der Waals surface area contributed by atoms with Crippen LogP contribution in [0.2, 0.25) is 0 Å². The van der Waals surface area contributed by atoms with Crippen molar-refractivity contribution in [1.29, 1.82) is 0 Å². The lowest BCUT2D eigenvalue weighted by molar-refractivity contribution is 0.203. The van der Waals surface area contributed by atoms with Gasteiger partial charge < -0.3 is 11.1 Å². The number of rotatable bonds is 4. The van der Waals surface area contributed by atoms with Crippen LogP contribution in [-0.2, 0) is 5.41 Å². The summed E-state index contributed by atoms with van der Waals surface area (Å²) in [6.07, 6.45) is 6.70. The minimum Gasteiger partial charge on any atom is -0.399 e. The van der Waals surface area contributed by atoms with E-state index in [0.29, 0.717) is 11.0 Å². The van der Waals surface area contributed by atoms with E-state index in [0.717, 1.165) is 12.2 Å². The molecule has 2 aliphatic carbocycles. The molecule has 0 saturated heterocycles. The second-order valence-corrected chi connectivity index (χ2v) is 6.17. The Bertz CT molecular complexity index is 399. The molecule has 2 fully saturated rings. The van der Waals surface area contributed by atoms with Crippen LogP contribution in [0.4, 0.5) is 5.69 Å². The number of hydrogen-bond acceptors (Lipinski definition) is 2. The summed E-state index contributed by atoms with van der Waals surface area (Å²) in [6, 6.07) is 8.46. The Morgan fingerprint density at radius 3 is 2.24 bits per heavy atom. The molecule has 2 heteroatoms. The standard InChI is InChI=1S/C15H22N2/c1-14(7-2-8-14)17-11-15(9-10-15)12-3-5-13(16)6-4-12/h3-6,17H,2,7-11,16H2,1H3. The number of nitrogen functional groups attached to an aromatic ring is 1. The molecule has 0 aliphatic heterocycles. The molecule has 3 N–H and O–H groups in total. The maximum atomic E-state index is 5.75. The third-order valence-corrected chi connectivity index (χ3v) is 4.69. The molecule has 0 amide bonds. The highest BCUT2D eigenvalue weighted by atomic mass is 15.0. The Morgan fingerprint density at radius 1 is 1.12 bits per heavy atom. The minimum absolute atomic E-state index is 0.409. The first-order valence-corrected chi connectivity index (χ1v) is 6.73. The summed E-state index contributed by atoms with van der Waals surface area (Å²) in [5.74, 6) is 0. The van der Waals surface area contributed by atoms with Gasteiger partial charge >= 0.3 is 0 Å². The van der Waals surface area contributed by atoms with Crippen molar-refractivity contribution in [2.45, 2.75) is 50.0 Å². The predicted octanol–water partition coefficient (Wildman–Crippen LogP) is 2.83. The average molecular weight is 230 g/mol. The van der Waals surface area contributed by atoms with Gasteiger partial charge in [0, 0.05) is 23.2 Å². The number of hydrogen-bond donors (Lipinski definition) is 2. The normalized spacial score (nSPS) is 24.1. The van der Waals surface area contributed by atoms with Crippen LogP contribution in [0.1, 0.15) is 44.6 Å². The Balaban J connectivity index is 1.67. The summed E-state index contributed by atoms with van der Waals surface area (Å²) in [4.78, 5) is 0. The predicted molar refractivity (Wildman–Crippen MR) is 72.0 cm³/mol. The molecule has 3 rings (SSSR count). The smallest absolute Gasteiger partial charge is 0.0314 e. The zero-order valence-electron chi connectivity index (χ0n) is 10.6. The molecular formula is C15H22N2. The number of nitrogens with one attached hydrogen (secondary N) is 1. The van der Waals surface area contributed by atoms with E-state index in [2.05, 4.69) is 24.4 Å². The van der Waals surface area contributed by atoms with E-state index in [1.165, 1.54) is 37.7 Å². The van der Waals surface area contributed by atoms with E-state index >= 15 is 0 Å². The molecule has 1 aromatic carbocycles. The first-order chi connectivity index (χ1) is 8.12. The van der Waals surface area contributed by atoms with E-state index in [-0.39, 0.29) is 0 Å². The van der Waals surface area contributed by atoms with Crippen LogP contribution in [0.15, 0.2) is 24.3 Å². The molecule has 1 aromatic rings. The van der Waals surface area contributed by atoms with E-state index in [9.17, 15) is 0 Å². The Labute approximate surface area is 104 Å². The summed E-state index contributed by atoms with van der Waals surface area (Å²) < 4.78 is 0. The first kappa shape index (κ1) is 11.1. The van der Waals surface area contributed by atoms with Crippen molar-refractivity contribution in [2.24, 2.45) is 0 Å². The number of anilines is 1. The van der Waals surface area contributed by atoms with Gasteiger partial charge in [-0.05, 0) is 56.7 Å². The fourth-order valence-corrected chi connectivity index (χ4v) is 2.82. The van der Waals surface area contributed by atoms with Crippen molar-refractivity contribution in [1.82, 2.24) is 5.32 Å². The maximum Gasteiger partial charge on any atom is 0.0314 e. The second-order valence-electron chi connectivity index (χ2n) is 6.17. The highest BCUT2D eigenvalue weighted by Crippen LogP contribution is 2.48. The topological polar surface area (TPSA) is 38.0 Å². The first-order valence-electron chi connectivity index (χ1n) is 6.73. The van der Waals surface area contributed by atoms with Crippen molar-refractivity contribution >= 4 is 5.69 Å². The third-order valence-electron chi connectivity index (χ3n) is 4.69. The van der Waals surface area contributed by atoms with Crippen LogP contribution in [0.5, 0.6) is 0 Å². The summed E-state index contributed by atoms with van der Waals surface area (Å²) in [7, 11) is 0. The third kappa shape index (κ3) is 2.06. The molecular weight excluding hydrogens is 208 g/mol. The van der Waals surface area contributed by atoms with Gasteiger partial charge in [-0.3, -0.25) is 0 Å². The maximum absolute atomic E-state index is 5.75. The second kappa shape index (κ2) is 3.74. The van der Waals surface area contributed by atoms with Gasteiger partial charge in [-0.25, -0.2) is 0 Å². The highest BCUT2D eigenvalue weighted by Gasteiger charge is 2.45. The summed E-state index contributed by atoms with van der Waals surface area (Å²) >= 11 is 0. The van der Waals surface area contributed by atoms with Crippen LogP contribution in [0.25, 0.3) is 0 Å². The summed E-state index contributed by atoms with van der Waals surface area (Å²) in [5.41, 5.74) is 8.90. The monoisotopic (exact) mass is 230 g/mol. The van der Waals surface area contributed by atoms with Gasteiger partial charge in [0.25, 0.3) is 0 Å². The SMILES string of the molecule is CC1(NCC2(c3ccc(N)cc3)CC2)CCC1. The molecule has 0 heterocycles. The zero-order valence-corrected chi connectivity index (χ0v) is 10.6. The van der Waals surface area contributed by atoms with Crippen LogP contribution >= 0.6 is 0 Å². The van der Waals surface area contributed by atoms with Gasteiger partial charge in [0.05, 0.1) is 0 Å². The lowest BCUT2D eigenvalue weighted by Crippen LogP contribution is -2.50. The van der Waals surface area contributed by atoms with Crippen molar-refractivity contribution < 1.29 is 0 Å². The quantitative estimate of drug-likeness (QED) is 0.781. The van der Waals surface area contributed by atoms with E-state index in [1.54, 1.807) is 0 Å². The fraction of sp³-hybridized carbons (Fsp3) is 0.600. The lowest BCUT2D eigenvalue weighted by Gasteiger charge is -2.40. The molecule has 0 spiro atoms. The Hall–Kier alpha value is -1.02. The van der Waals surface area contributed by atoms with Crippen LogP contribution < -0.4 is 11.1 Å². The molecule has 0 radical (unpaired) electrons. The van der Waals surface area contributed by atoms with Gasteiger partial charge in [0.1, 0.15) is 0 Å². The lowest BCUT2D eigenvalue weighted by atomic mass is 9.78. The molecule has 0 unspecified atom stereocenters.